The van der Waals surface area contributed by atoms with Gasteiger partial charge in [0.15, 0.2) is 6.29 Å². The number of nitrogens with zero attached hydrogens (tertiary/aromatic N) is 3. The van der Waals surface area contributed by atoms with E-state index in [1.54, 1.807) is 0 Å². The van der Waals surface area contributed by atoms with Crippen LogP contribution < -0.4 is 0 Å². The normalized spacial score (nSPS) is 11.9. The molecule has 4 heteroatoms. The Hall–Kier alpha value is -1.97. The number of benzene rings is 1. The van der Waals surface area contributed by atoms with E-state index < -0.39 is 0 Å². The van der Waals surface area contributed by atoms with E-state index in [0.717, 1.165) is 18.4 Å². The Labute approximate surface area is 132 Å². The highest BCUT2D eigenvalue weighted by atomic mass is 16.1. The van der Waals surface area contributed by atoms with E-state index in [1.807, 2.05) is 4.68 Å². The van der Waals surface area contributed by atoms with Gasteiger partial charge in [-0.1, -0.05) is 64.1 Å². The zero-order chi connectivity index (χ0) is 16.3. The Morgan fingerprint density at radius 2 is 1.82 bits per heavy atom. The molecule has 0 N–H and O–H groups in total. The van der Waals surface area contributed by atoms with Gasteiger partial charge in [-0.15, -0.1) is 5.10 Å². The maximum Gasteiger partial charge on any atom is 0.172 e. The first-order chi connectivity index (χ1) is 10.3. The minimum absolute atomic E-state index is 0.152. The number of rotatable bonds is 5. The minimum Gasteiger partial charge on any atom is -0.296 e. The Bertz CT molecular complexity index is 633. The molecular formula is C18H25N3O. The molecule has 118 valence electrons. The largest absolute Gasteiger partial charge is 0.296 e. The van der Waals surface area contributed by atoms with Crippen molar-refractivity contribution in [1.29, 1.82) is 0 Å². The summed E-state index contributed by atoms with van der Waals surface area (Å²) >= 11 is 0. The molecule has 0 spiro atoms. The number of aldehydes is 1. The zero-order valence-electron chi connectivity index (χ0n) is 14.1. The third kappa shape index (κ3) is 3.81. The Morgan fingerprint density at radius 3 is 2.32 bits per heavy atom. The fourth-order valence-corrected chi connectivity index (χ4v) is 2.44. The quantitative estimate of drug-likeness (QED) is 0.792. The molecule has 0 atom stereocenters. The fourth-order valence-electron chi connectivity index (χ4n) is 2.44. The third-order valence-corrected chi connectivity index (χ3v) is 3.73. The Kier molecular flexibility index (Phi) is 4.79. The van der Waals surface area contributed by atoms with Crippen molar-refractivity contribution in [3.63, 3.8) is 0 Å². The van der Waals surface area contributed by atoms with Crippen LogP contribution in [0.1, 0.15) is 61.9 Å². The van der Waals surface area contributed by atoms with Gasteiger partial charge in [0, 0.05) is 0 Å². The molecule has 0 radical (unpaired) electrons. The van der Waals surface area contributed by atoms with E-state index in [9.17, 15) is 4.79 Å². The summed E-state index contributed by atoms with van der Waals surface area (Å²) in [6.07, 6.45) is 1.60. The first-order valence-corrected chi connectivity index (χ1v) is 7.78. The van der Waals surface area contributed by atoms with Crippen LogP contribution in [-0.4, -0.2) is 21.3 Å². The smallest absolute Gasteiger partial charge is 0.172 e. The van der Waals surface area contributed by atoms with E-state index in [1.165, 1.54) is 11.1 Å². The summed E-state index contributed by atoms with van der Waals surface area (Å²) in [5.74, 6) is 0.458. The van der Waals surface area contributed by atoms with Gasteiger partial charge in [-0.25, -0.2) is 4.68 Å². The van der Waals surface area contributed by atoms with Gasteiger partial charge in [0.25, 0.3) is 0 Å². The van der Waals surface area contributed by atoms with Crippen LogP contribution >= 0.6 is 0 Å². The van der Waals surface area contributed by atoms with E-state index in [-0.39, 0.29) is 5.41 Å². The van der Waals surface area contributed by atoms with E-state index in [2.05, 4.69) is 69.2 Å². The predicted molar refractivity (Wildman–Crippen MR) is 88.2 cm³/mol. The summed E-state index contributed by atoms with van der Waals surface area (Å²) in [6.45, 7) is 11.5. The number of hydrogen-bond donors (Lipinski definition) is 0. The summed E-state index contributed by atoms with van der Waals surface area (Å²) < 4.78 is 1.84. The van der Waals surface area contributed by atoms with E-state index >= 15 is 0 Å². The number of carbonyl (C=O) groups excluding carboxylic acids is 1. The van der Waals surface area contributed by atoms with Crippen LogP contribution in [0.15, 0.2) is 24.3 Å². The molecule has 1 aromatic carbocycles. The maximum absolute atomic E-state index is 11.1. The van der Waals surface area contributed by atoms with Crippen molar-refractivity contribution >= 4 is 6.29 Å². The zero-order valence-corrected chi connectivity index (χ0v) is 14.1. The van der Waals surface area contributed by atoms with Crippen LogP contribution in [0.5, 0.6) is 0 Å². The van der Waals surface area contributed by atoms with Crippen LogP contribution in [0.25, 0.3) is 0 Å². The predicted octanol–water partition coefficient (Wildman–Crippen LogP) is 3.63. The van der Waals surface area contributed by atoms with Crippen LogP contribution in [0.3, 0.4) is 0 Å². The first-order valence-electron chi connectivity index (χ1n) is 7.78. The maximum atomic E-state index is 11.1. The number of aromatic nitrogens is 3. The highest BCUT2D eigenvalue weighted by Gasteiger charge is 2.15. The van der Waals surface area contributed by atoms with Crippen molar-refractivity contribution in [2.45, 2.75) is 53.0 Å². The van der Waals surface area contributed by atoms with Gasteiger partial charge in [0.1, 0.15) is 5.69 Å². The van der Waals surface area contributed by atoms with Crippen molar-refractivity contribution in [2.75, 3.05) is 0 Å². The summed E-state index contributed by atoms with van der Waals surface area (Å²) in [7, 11) is 0. The topological polar surface area (TPSA) is 47.8 Å². The van der Waals surface area contributed by atoms with Gasteiger partial charge in [-0.2, -0.15) is 0 Å². The summed E-state index contributed by atoms with van der Waals surface area (Å²) in [4.78, 5) is 11.1. The molecule has 0 bridgehead atoms. The molecule has 0 saturated heterocycles. The highest BCUT2D eigenvalue weighted by molar-refractivity contribution is 5.73. The second-order valence-corrected chi connectivity index (χ2v) is 7.24. The molecule has 2 rings (SSSR count). The van der Waals surface area contributed by atoms with Crippen LogP contribution in [0.2, 0.25) is 0 Å². The average Bonchev–Trinajstić information content (AvgIpc) is 2.80. The molecule has 0 aliphatic heterocycles. The Balaban J connectivity index is 2.23. The SMILES string of the molecule is CC(C)Cc1c(C=O)nnn1Cc1ccc(C(C)(C)C)cc1. The second-order valence-electron chi connectivity index (χ2n) is 7.24. The van der Waals surface area contributed by atoms with Gasteiger partial charge >= 0.3 is 0 Å². The summed E-state index contributed by atoms with van der Waals surface area (Å²) in [5, 5.41) is 8.13. The lowest BCUT2D eigenvalue weighted by molar-refractivity contribution is 0.111. The van der Waals surface area contributed by atoms with Crippen LogP contribution in [0.4, 0.5) is 0 Å². The lowest BCUT2D eigenvalue weighted by atomic mass is 9.87. The molecule has 22 heavy (non-hydrogen) atoms. The molecule has 1 heterocycles. The second kappa shape index (κ2) is 6.42. The molecule has 2 aromatic rings. The molecule has 0 saturated carbocycles. The highest BCUT2D eigenvalue weighted by Crippen LogP contribution is 2.22. The monoisotopic (exact) mass is 299 g/mol. The van der Waals surface area contributed by atoms with Crippen molar-refractivity contribution in [3.05, 3.63) is 46.8 Å². The fraction of sp³-hybridized carbons (Fsp3) is 0.500. The molecular weight excluding hydrogens is 274 g/mol. The first kappa shape index (κ1) is 16.4. The molecule has 0 fully saturated rings. The molecule has 0 aliphatic rings. The lowest BCUT2D eigenvalue weighted by Gasteiger charge is -2.19. The summed E-state index contributed by atoms with van der Waals surface area (Å²) in [6, 6.07) is 8.58. The van der Waals surface area contributed by atoms with Crippen molar-refractivity contribution in [1.82, 2.24) is 15.0 Å². The third-order valence-electron chi connectivity index (χ3n) is 3.73. The molecule has 0 amide bonds. The van der Waals surface area contributed by atoms with Gasteiger partial charge in [-0.05, 0) is 28.9 Å². The van der Waals surface area contributed by atoms with E-state index in [0.29, 0.717) is 18.2 Å². The average molecular weight is 299 g/mol. The number of hydrogen-bond acceptors (Lipinski definition) is 3. The summed E-state index contributed by atoms with van der Waals surface area (Å²) in [5.41, 5.74) is 4.01. The van der Waals surface area contributed by atoms with Crippen LogP contribution in [-0.2, 0) is 18.4 Å². The van der Waals surface area contributed by atoms with Gasteiger partial charge in [-0.3, -0.25) is 4.79 Å². The molecule has 0 unspecified atom stereocenters. The molecule has 1 aromatic heterocycles. The van der Waals surface area contributed by atoms with Gasteiger partial charge in [0.05, 0.1) is 12.2 Å². The molecule has 4 nitrogen and oxygen atoms in total. The Morgan fingerprint density at radius 1 is 1.18 bits per heavy atom. The van der Waals surface area contributed by atoms with Gasteiger partial charge < -0.3 is 0 Å². The van der Waals surface area contributed by atoms with Crippen molar-refractivity contribution in [3.8, 4) is 0 Å². The minimum atomic E-state index is 0.152. The standard InChI is InChI=1S/C18H25N3O/c1-13(2)10-17-16(12-22)19-20-21(17)11-14-6-8-15(9-7-14)18(3,4)5/h6-9,12-13H,10-11H2,1-5H3. The lowest BCUT2D eigenvalue weighted by Crippen LogP contribution is -2.12. The van der Waals surface area contributed by atoms with E-state index in [4.69, 9.17) is 0 Å². The van der Waals surface area contributed by atoms with Gasteiger partial charge in [0.2, 0.25) is 0 Å². The van der Waals surface area contributed by atoms with Crippen molar-refractivity contribution in [2.24, 2.45) is 5.92 Å². The van der Waals surface area contributed by atoms with Crippen molar-refractivity contribution < 1.29 is 4.79 Å². The molecule has 0 aliphatic carbocycles. The van der Waals surface area contributed by atoms with Crippen LogP contribution in [0, 0.1) is 5.92 Å². The number of carbonyl (C=O) groups is 1.